The maximum Gasteiger partial charge on any atom is 0.0547 e. The van der Waals surface area contributed by atoms with Gasteiger partial charge in [-0.25, -0.2) is 0 Å². The molecule has 2 fully saturated rings. The number of rotatable bonds is 2. The summed E-state index contributed by atoms with van der Waals surface area (Å²) in [6.45, 7) is 8.17. The Morgan fingerprint density at radius 3 is 2.95 bits per heavy atom. The van der Waals surface area contributed by atoms with Gasteiger partial charge in [-0.3, -0.25) is 14.8 Å². The van der Waals surface area contributed by atoms with Gasteiger partial charge in [0.15, 0.2) is 0 Å². The molecule has 1 aromatic heterocycles. The largest absolute Gasteiger partial charge is 0.299 e. The van der Waals surface area contributed by atoms with Gasteiger partial charge in [0, 0.05) is 24.8 Å². The lowest BCUT2D eigenvalue weighted by atomic mass is 10.0. The molecule has 1 atom stereocenters. The molecular weight excluding hydrogens is 234 g/mol. The number of aromatic nitrogens is 1. The lowest BCUT2D eigenvalue weighted by Crippen LogP contribution is -2.43. The molecule has 0 saturated carbocycles. The van der Waals surface area contributed by atoms with Crippen LogP contribution in [0.25, 0.3) is 0 Å². The lowest BCUT2D eigenvalue weighted by Gasteiger charge is -2.35. The van der Waals surface area contributed by atoms with E-state index in [1.165, 1.54) is 57.6 Å². The third kappa shape index (κ3) is 3.34. The summed E-state index contributed by atoms with van der Waals surface area (Å²) in [7, 11) is 0. The predicted octanol–water partition coefficient (Wildman–Crippen LogP) is 2.45. The highest BCUT2D eigenvalue weighted by Crippen LogP contribution is 2.21. The summed E-state index contributed by atoms with van der Waals surface area (Å²) in [6, 6.07) is 7.16. The van der Waals surface area contributed by atoms with Crippen molar-refractivity contribution in [3.63, 3.8) is 0 Å². The number of piperidine rings is 1. The summed E-state index contributed by atoms with van der Waals surface area (Å²) in [5.41, 5.74) is 2.36. The topological polar surface area (TPSA) is 19.4 Å². The summed E-state index contributed by atoms with van der Waals surface area (Å²) in [5.74, 6) is 0. The quantitative estimate of drug-likeness (QED) is 0.813. The monoisotopic (exact) mass is 259 g/mol. The average Bonchev–Trinajstić information content (AvgIpc) is 2.60. The van der Waals surface area contributed by atoms with Gasteiger partial charge in [-0.15, -0.1) is 0 Å². The highest BCUT2D eigenvalue weighted by molar-refractivity contribution is 5.09. The van der Waals surface area contributed by atoms with E-state index < -0.39 is 0 Å². The molecule has 0 radical (unpaired) electrons. The van der Waals surface area contributed by atoms with E-state index in [2.05, 4.69) is 39.9 Å². The van der Waals surface area contributed by atoms with Crippen LogP contribution in [0.1, 0.15) is 37.1 Å². The zero-order valence-corrected chi connectivity index (χ0v) is 12.0. The number of aryl methyl sites for hydroxylation is 1. The molecule has 0 spiro atoms. The summed E-state index contributed by atoms with van der Waals surface area (Å²) in [6.07, 6.45) is 5.51. The van der Waals surface area contributed by atoms with Crippen LogP contribution in [0.2, 0.25) is 0 Å². The Labute approximate surface area is 116 Å². The summed E-state index contributed by atoms with van der Waals surface area (Å²) >= 11 is 0. The van der Waals surface area contributed by atoms with Crippen LogP contribution in [0, 0.1) is 6.92 Å². The van der Waals surface area contributed by atoms with E-state index in [4.69, 9.17) is 0 Å². The highest BCUT2D eigenvalue weighted by atomic mass is 15.2. The first-order valence-corrected chi connectivity index (χ1v) is 7.70. The zero-order chi connectivity index (χ0) is 13.1. The fourth-order valence-corrected chi connectivity index (χ4v) is 3.51. The molecule has 3 heteroatoms. The summed E-state index contributed by atoms with van der Waals surface area (Å²) in [4.78, 5) is 9.97. The Morgan fingerprint density at radius 2 is 2.05 bits per heavy atom. The van der Waals surface area contributed by atoms with Crippen LogP contribution >= 0.6 is 0 Å². The van der Waals surface area contributed by atoms with Crippen LogP contribution in [0.15, 0.2) is 18.2 Å². The molecular formula is C16H25N3. The van der Waals surface area contributed by atoms with E-state index in [1.807, 2.05) is 0 Å². The molecule has 2 aliphatic heterocycles. The number of pyridine rings is 1. The molecule has 0 amide bonds. The normalized spacial score (nSPS) is 25.8. The van der Waals surface area contributed by atoms with Crippen LogP contribution < -0.4 is 0 Å². The van der Waals surface area contributed by atoms with E-state index >= 15 is 0 Å². The third-order valence-corrected chi connectivity index (χ3v) is 4.47. The van der Waals surface area contributed by atoms with Gasteiger partial charge in [0.1, 0.15) is 0 Å². The van der Waals surface area contributed by atoms with Crippen LogP contribution in [-0.2, 0) is 6.54 Å². The van der Waals surface area contributed by atoms with Gasteiger partial charge < -0.3 is 0 Å². The average molecular weight is 259 g/mol. The van der Waals surface area contributed by atoms with Crippen molar-refractivity contribution >= 4 is 0 Å². The number of hydrogen-bond acceptors (Lipinski definition) is 3. The second-order valence-corrected chi connectivity index (χ2v) is 6.04. The number of hydrogen-bond donors (Lipinski definition) is 0. The molecule has 104 valence electrons. The molecule has 0 aromatic carbocycles. The van der Waals surface area contributed by atoms with Crippen molar-refractivity contribution in [3.05, 3.63) is 29.6 Å². The van der Waals surface area contributed by atoms with Crippen LogP contribution in [0.3, 0.4) is 0 Å². The SMILES string of the molecule is Cc1cccc(CN2CCCN3CCCCC3C2)n1. The Bertz CT molecular complexity index is 418. The highest BCUT2D eigenvalue weighted by Gasteiger charge is 2.26. The zero-order valence-electron chi connectivity index (χ0n) is 12.0. The van der Waals surface area contributed by atoms with Crippen molar-refractivity contribution in [2.24, 2.45) is 0 Å². The molecule has 0 bridgehead atoms. The van der Waals surface area contributed by atoms with Gasteiger partial charge in [-0.05, 0) is 58.0 Å². The van der Waals surface area contributed by atoms with Gasteiger partial charge in [-0.1, -0.05) is 12.5 Å². The van der Waals surface area contributed by atoms with Crippen LogP contribution in [0.5, 0.6) is 0 Å². The first kappa shape index (κ1) is 13.1. The van der Waals surface area contributed by atoms with Gasteiger partial charge in [0.25, 0.3) is 0 Å². The van der Waals surface area contributed by atoms with Crippen molar-refractivity contribution in [1.82, 2.24) is 14.8 Å². The molecule has 2 saturated heterocycles. The fraction of sp³-hybridized carbons (Fsp3) is 0.688. The molecule has 0 aliphatic carbocycles. The minimum absolute atomic E-state index is 0.793. The van der Waals surface area contributed by atoms with Crippen molar-refractivity contribution in [2.75, 3.05) is 26.2 Å². The molecule has 3 rings (SSSR count). The second-order valence-electron chi connectivity index (χ2n) is 6.04. The maximum atomic E-state index is 4.65. The van der Waals surface area contributed by atoms with Crippen molar-refractivity contribution < 1.29 is 0 Å². The standard InChI is InChI=1S/C16H25N3/c1-14-6-4-7-15(17-14)12-18-9-5-11-19-10-3-2-8-16(19)13-18/h4,6-7,16H,2-3,5,8-13H2,1H3. The minimum atomic E-state index is 0.793. The van der Waals surface area contributed by atoms with Crippen molar-refractivity contribution in [3.8, 4) is 0 Å². The molecule has 1 aromatic rings. The first-order valence-electron chi connectivity index (χ1n) is 7.70. The van der Waals surface area contributed by atoms with Crippen molar-refractivity contribution in [2.45, 2.75) is 45.2 Å². The smallest absolute Gasteiger partial charge is 0.0547 e. The Kier molecular flexibility index (Phi) is 4.14. The Morgan fingerprint density at radius 1 is 1.16 bits per heavy atom. The molecule has 3 nitrogen and oxygen atoms in total. The van der Waals surface area contributed by atoms with Crippen LogP contribution in [-0.4, -0.2) is 47.0 Å². The van der Waals surface area contributed by atoms with Gasteiger partial charge in [0.2, 0.25) is 0 Å². The fourth-order valence-electron chi connectivity index (χ4n) is 3.51. The van der Waals surface area contributed by atoms with Crippen LogP contribution in [0.4, 0.5) is 0 Å². The predicted molar refractivity (Wildman–Crippen MR) is 78.1 cm³/mol. The number of nitrogens with zero attached hydrogens (tertiary/aromatic N) is 3. The third-order valence-electron chi connectivity index (χ3n) is 4.47. The van der Waals surface area contributed by atoms with Gasteiger partial charge >= 0.3 is 0 Å². The van der Waals surface area contributed by atoms with E-state index in [0.717, 1.165) is 18.3 Å². The molecule has 0 N–H and O–H groups in total. The molecule has 2 aliphatic rings. The lowest BCUT2D eigenvalue weighted by molar-refractivity contribution is 0.134. The van der Waals surface area contributed by atoms with E-state index in [0.29, 0.717) is 0 Å². The van der Waals surface area contributed by atoms with E-state index in [1.54, 1.807) is 0 Å². The molecule has 19 heavy (non-hydrogen) atoms. The van der Waals surface area contributed by atoms with Crippen molar-refractivity contribution in [1.29, 1.82) is 0 Å². The van der Waals surface area contributed by atoms with E-state index in [9.17, 15) is 0 Å². The Hall–Kier alpha value is -0.930. The van der Waals surface area contributed by atoms with Gasteiger partial charge in [-0.2, -0.15) is 0 Å². The maximum absolute atomic E-state index is 4.65. The summed E-state index contributed by atoms with van der Waals surface area (Å²) < 4.78 is 0. The second kappa shape index (κ2) is 6.02. The number of fused-ring (bicyclic) bond motifs is 1. The van der Waals surface area contributed by atoms with E-state index in [-0.39, 0.29) is 0 Å². The first-order chi connectivity index (χ1) is 9.31. The molecule has 3 heterocycles. The molecule has 1 unspecified atom stereocenters. The Balaban J connectivity index is 1.64. The summed E-state index contributed by atoms with van der Waals surface area (Å²) in [5, 5.41) is 0. The minimum Gasteiger partial charge on any atom is -0.299 e. The van der Waals surface area contributed by atoms with Gasteiger partial charge in [0.05, 0.1) is 5.69 Å².